The predicted molar refractivity (Wildman–Crippen MR) is 62.1 cm³/mol. The van der Waals surface area contributed by atoms with Crippen LogP contribution in [0.25, 0.3) is 0 Å². The maximum Gasteiger partial charge on any atom is 0.330 e. The number of nitrogens with one attached hydrogen (secondary N) is 1. The summed E-state index contributed by atoms with van der Waals surface area (Å²) in [6.45, 7) is -0.670. The van der Waals surface area contributed by atoms with Gasteiger partial charge in [0.05, 0.1) is 6.61 Å². The van der Waals surface area contributed by atoms with Crippen LogP contribution in [0.5, 0.6) is 0 Å². The molecule has 0 radical (unpaired) electrons. The molecule has 1 aromatic heterocycles. The van der Waals surface area contributed by atoms with E-state index in [0.29, 0.717) is 0 Å². The first-order valence-electron chi connectivity index (χ1n) is 5.86. The summed E-state index contributed by atoms with van der Waals surface area (Å²) < 4.78 is 12.9. The third-order valence-corrected chi connectivity index (χ3v) is 3.01. The topological polar surface area (TPSA) is 125 Å². The first kappa shape index (κ1) is 12.1. The fourth-order valence-electron chi connectivity index (χ4n) is 1.94. The van der Waals surface area contributed by atoms with Crippen LogP contribution >= 0.6 is 0 Å². The quantitative estimate of drug-likeness (QED) is 0.428. The van der Waals surface area contributed by atoms with E-state index < -0.39 is 41.9 Å². The second-order valence-corrected chi connectivity index (χ2v) is 4.11. The average molecular weight is 269 g/mol. The van der Waals surface area contributed by atoms with Gasteiger partial charge in [-0.3, -0.25) is 14.3 Å². The lowest BCUT2D eigenvalue weighted by molar-refractivity contribution is -0.0624. The van der Waals surface area contributed by atoms with Gasteiger partial charge in [-0.15, -0.1) is 6.40 Å². The maximum atomic E-state index is 11.6. The normalized spacial score (nSPS) is 34.5. The van der Waals surface area contributed by atoms with Gasteiger partial charge >= 0.3 is 5.69 Å². The number of H-pyrrole nitrogens is 1. The Morgan fingerprint density at radius 1 is 1.68 bits per heavy atom. The Bertz CT molecular complexity index is 674. The lowest BCUT2D eigenvalue weighted by Gasteiger charge is -2.23. The number of hydrogen-bond acceptors (Lipinski definition) is 6. The molecule has 1 saturated heterocycles. The summed E-state index contributed by atoms with van der Waals surface area (Å²) in [5, 5.41) is 29.4. The molecule has 0 bridgehead atoms. The zero-order valence-electron chi connectivity index (χ0n) is 10.6. The molecule has 0 saturated carbocycles. The molecular formula is C11H12N2O6. The second-order valence-electron chi connectivity index (χ2n) is 4.11. The van der Waals surface area contributed by atoms with Crippen molar-refractivity contribution in [3.63, 3.8) is 0 Å². The van der Waals surface area contributed by atoms with Crippen molar-refractivity contribution in [3.8, 4) is 12.3 Å². The Kier molecular flexibility index (Phi) is 2.96. The van der Waals surface area contributed by atoms with Gasteiger partial charge in [-0.05, 0) is 0 Å². The Hall–Kier alpha value is -1.92. The van der Waals surface area contributed by atoms with Crippen molar-refractivity contribution < 1.29 is 21.4 Å². The molecule has 1 aliphatic rings. The zero-order chi connectivity index (χ0) is 14.9. The summed E-state index contributed by atoms with van der Waals surface area (Å²) >= 11 is 0. The number of nitrogens with zero attached hydrogens (tertiary/aromatic N) is 1. The first-order chi connectivity index (χ1) is 9.43. The number of terminal acetylenes is 1. The summed E-state index contributed by atoms with van der Waals surface area (Å²) in [7, 11) is 0. The Balaban J connectivity index is 2.47. The summed E-state index contributed by atoms with van der Waals surface area (Å²) in [5.74, 6) is 2.05. The van der Waals surface area contributed by atoms with Crippen LogP contribution in [0.2, 0.25) is 0 Å². The molecule has 8 heteroatoms. The van der Waals surface area contributed by atoms with Gasteiger partial charge in [0.15, 0.2) is 11.8 Å². The standard InChI is InChI=1S/C11H12N2O6/c1-2-11(18)6(5-14)19-9(8(11)16)13-4-3-7(15)12-10(13)17/h1,3-4,6,8-9,14,16,18H,5H2,(H,12,15,17)/t6-,8+,9?,11-/m1/s1/i1D. The molecule has 1 aliphatic heterocycles. The van der Waals surface area contributed by atoms with Gasteiger partial charge in [-0.25, -0.2) is 4.79 Å². The van der Waals surface area contributed by atoms with Gasteiger partial charge in [-0.2, -0.15) is 0 Å². The van der Waals surface area contributed by atoms with E-state index in [4.69, 9.17) is 11.2 Å². The number of aromatic amines is 1. The lowest BCUT2D eigenvalue weighted by atomic mass is 9.93. The average Bonchev–Trinajstić information content (AvgIpc) is 2.63. The molecule has 0 spiro atoms. The minimum absolute atomic E-state index is 0.626. The molecule has 2 rings (SSSR count). The molecule has 0 aliphatic carbocycles. The number of rotatable bonds is 2. The third-order valence-electron chi connectivity index (χ3n) is 3.01. The van der Waals surface area contributed by atoms with Crippen LogP contribution in [0.4, 0.5) is 0 Å². The molecule has 8 nitrogen and oxygen atoms in total. The van der Waals surface area contributed by atoms with Gasteiger partial charge in [0, 0.05) is 12.3 Å². The molecule has 4 N–H and O–H groups in total. The lowest BCUT2D eigenvalue weighted by Crippen LogP contribution is -2.48. The SMILES string of the molecule is [2H]C#C[C@@]1(O)[C@@H](CO)OC(n2ccc(=O)[nH]c2=O)[C@@H]1O. The van der Waals surface area contributed by atoms with Crippen LogP contribution in [-0.2, 0) is 4.74 Å². The summed E-state index contributed by atoms with van der Waals surface area (Å²) in [6, 6.07) is 1.04. The Morgan fingerprint density at radius 3 is 3.00 bits per heavy atom. The van der Waals surface area contributed by atoms with E-state index in [1.165, 1.54) is 0 Å². The number of ether oxygens (including phenoxy) is 1. The van der Waals surface area contributed by atoms with E-state index in [9.17, 15) is 19.8 Å². The minimum atomic E-state index is -2.18. The van der Waals surface area contributed by atoms with E-state index in [1.54, 1.807) is 6.40 Å². The van der Waals surface area contributed by atoms with Gasteiger partial charge < -0.3 is 20.1 Å². The van der Waals surface area contributed by atoms with Gasteiger partial charge in [0.1, 0.15) is 13.6 Å². The van der Waals surface area contributed by atoms with Crippen LogP contribution < -0.4 is 11.2 Å². The fourth-order valence-corrected chi connectivity index (χ4v) is 1.94. The van der Waals surface area contributed by atoms with Crippen molar-refractivity contribution in [3.05, 3.63) is 33.1 Å². The molecule has 19 heavy (non-hydrogen) atoms. The van der Waals surface area contributed by atoms with E-state index in [-0.39, 0.29) is 0 Å². The molecule has 0 aromatic carbocycles. The third kappa shape index (κ3) is 1.98. The van der Waals surface area contributed by atoms with E-state index in [1.807, 2.05) is 4.98 Å². The molecule has 1 fully saturated rings. The number of aliphatic hydroxyl groups is 3. The Labute approximate surface area is 108 Å². The van der Waals surface area contributed by atoms with Crippen LogP contribution in [0, 0.1) is 12.3 Å². The number of hydrogen-bond donors (Lipinski definition) is 4. The van der Waals surface area contributed by atoms with Gasteiger partial charge in [0.2, 0.25) is 0 Å². The van der Waals surface area contributed by atoms with Crippen molar-refractivity contribution in [1.29, 1.82) is 0 Å². The monoisotopic (exact) mass is 269 g/mol. The summed E-state index contributed by atoms with van der Waals surface area (Å²) in [6.07, 6.45) is -1.54. The largest absolute Gasteiger partial charge is 0.394 e. The van der Waals surface area contributed by atoms with E-state index >= 15 is 0 Å². The highest BCUT2D eigenvalue weighted by atomic mass is 16.6. The van der Waals surface area contributed by atoms with E-state index in [0.717, 1.165) is 16.8 Å². The molecule has 2 heterocycles. The van der Waals surface area contributed by atoms with Crippen LogP contribution in [0.1, 0.15) is 7.60 Å². The van der Waals surface area contributed by atoms with Crippen molar-refractivity contribution >= 4 is 0 Å². The highest BCUT2D eigenvalue weighted by Gasteiger charge is 2.55. The molecule has 0 amide bonds. The van der Waals surface area contributed by atoms with Crippen LogP contribution in [0.15, 0.2) is 21.9 Å². The van der Waals surface area contributed by atoms with Crippen molar-refractivity contribution in [2.75, 3.05) is 6.61 Å². The van der Waals surface area contributed by atoms with Crippen LogP contribution in [-0.4, -0.2) is 49.3 Å². The number of aromatic nitrogens is 2. The molecule has 1 aromatic rings. The smallest absolute Gasteiger partial charge is 0.330 e. The highest BCUT2D eigenvalue weighted by molar-refractivity contribution is 5.19. The van der Waals surface area contributed by atoms with Crippen molar-refractivity contribution in [2.45, 2.75) is 24.0 Å². The molecular weight excluding hydrogens is 256 g/mol. The first-order valence-corrected chi connectivity index (χ1v) is 5.36. The predicted octanol–water partition coefficient (Wildman–Crippen LogP) is -2.85. The van der Waals surface area contributed by atoms with Crippen molar-refractivity contribution in [2.24, 2.45) is 0 Å². The Morgan fingerprint density at radius 2 is 2.42 bits per heavy atom. The number of aliphatic hydroxyl groups excluding tert-OH is 2. The molecule has 102 valence electrons. The maximum absolute atomic E-state index is 11.6. The summed E-state index contributed by atoms with van der Waals surface area (Å²) in [4.78, 5) is 24.6. The minimum Gasteiger partial charge on any atom is -0.394 e. The van der Waals surface area contributed by atoms with Crippen molar-refractivity contribution in [1.82, 2.24) is 9.55 Å². The van der Waals surface area contributed by atoms with Gasteiger partial charge in [0.25, 0.3) is 5.56 Å². The van der Waals surface area contributed by atoms with Crippen LogP contribution in [0.3, 0.4) is 0 Å². The van der Waals surface area contributed by atoms with E-state index in [2.05, 4.69) is 5.92 Å². The summed E-state index contributed by atoms with van der Waals surface area (Å²) in [5.41, 5.74) is -3.66. The fraction of sp³-hybridized carbons (Fsp3) is 0.455. The highest BCUT2D eigenvalue weighted by Crippen LogP contribution is 2.35. The zero-order valence-corrected chi connectivity index (χ0v) is 9.61. The molecule has 1 unspecified atom stereocenters. The molecule has 4 atom stereocenters. The van der Waals surface area contributed by atoms with Gasteiger partial charge in [-0.1, -0.05) is 5.92 Å². The second kappa shape index (κ2) is 4.64.